The Hall–Kier alpha value is -2.78. The molecule has 0 saturated heterocycles. The number of hydrogen-bond donors (Lipinski definition) is 2. The fraction of sp³-hybridized carbons (Fsp3) is 0.133. The van der Waals surface area contributed by atoms with Gasteiger partial charge in [0.15, 0.2) is 5.82 Å². The van der Waals surface area contributed by atoms with Crippen LogP contribution >= 0.6 is 0 Å². The van der Waals surface area contributed by atoms with Gasteiger partial charge in [-0.15, -0.1) is 0 Å². The van der Waals surface area contributed by atoms with Crippen LogP contribution in [0.1, 0.15) is 22.3 Å². The van der Waals surface area contributed by atoms with E-state index in [1.54, 1.807) is 6.07 Å². The first-order chi connectivity index (χ1) is 10.2. The van der Waals surface area contributed by atoms with E-state index in [9.17, 15) is 9.18 Å². The Kier molecular flexibility index (Phi) is 4.96. The smallest absolute Gasteiger partial charge is 0.259 e. The predicted molar refractivity (Wildman–Crippen MR) is 75.0 cm³/mol. The van der Waals surface area contributed by atoms with Crippen molar-refractivity contribution in [1.29, 1.82) is 0 Å². The summed E-state index contributed by atoms with van der Waals surface area (Å²) in [6, 6.07) is 4.07. The Bertz CT molecular complexity index is 693. The third kappa shape index (κ3) is 4.09. The maximum absolute atomic E-state index is 13.9. The van der Waals surface area contributed by atoms with Crippen molar-refractivity contribution < 1.29 is 14.3 Å². The number of nitrogens with zero attached hydrogens (tertiary/aromatic N) is 2. The van der Waals surface area contributed by atoms with Gasteiger partial charge in [-0.2, -0.15) is 0 Å². The van der Waals surface area contributed by atoms with Crippen molar-refractivity contribution in [3.63, 3.8) is 0 Å². The van der Waals surface area contributed by atoms with Crippen LogP contribution in [0.4, 0.5) is 10.2 Å². The number of rotatable bonds is 3. The van der Waals surface area contributed by atoms with Crippen molar-refractivity contribution in [3.05, 3.63) is 53.7 Å². The Morgan fingerprint density at radius 3 is 2.90 bits per heavy atom. The van der Waals surface area contributed by atoms with Crippen LogP contribution in [0.2, 0.25) is 0 Å². The normalized spacial score (nSPS) is 9.62. The number of benzene rings is 1. The molecule has 21 heavy (non-hydrogen) atoms. The average molecular weight is 285 g/mol. The molecule has 2 rings (SSSR count). The molecule has 1 amide bonds. The summed E-state index contributed by atoms with van der Waals surface area (Å²) in [6.07, 6.45) is 4.57. The second kappa shape index (κ2) is 7.12. The molecule has 0 atom stereocenters. The fourth-order valence-corrected chi connectivity index (χ4v) is 1.54. The lowest BCUT2D eigenvalue weighted by Crippen LogP contribution is -2.14. The molecule has 2 N–H and O–H groups in total. The number of aliphatic hydroxyl groups is 1. The highest BCUT2D eigenvalue weighted by molar-refractivity contribution is 6.03. The van der Waals surface area contributed by atoms with E-state index < -0.39 is 11.7 Å². The number of amides is 1. The van der Waals surface area contributed by atoms with E-state index in [1.165, 1.54) is 30.7 Å². The van der Waals surface area contributed by atoms with Gasteiger partial charge in [-0.1, -0.05) is 11.8 Å². The lowest BCUT2D eigenvalue weighted by Gasteiger charge is -2.05. The van der Waals surface area contributed by atoms with Gasteiger partial charge in [0.05, 0.1) is 18.4 Å². The van der Waals surface area contributed by atoms with Crippen LogP contribution in [-0.2, 0) is 0 Å². The summed E-state index contributed by atoms with van der Waals surface area (Å²) in [7, 11) is 0. The molecule has 0 saturated carbocycles. The average Bonchev–Trinajstić information content (AvgIpc) is 2.48. The SMILES string of the molecule is O=C(Nc1cnccn1)c1ccc(C#CCCO)cc1F. The quantitative estimate of drug-likeness (QED) is 0.840. The second-order valence-corrected chi connectivity index (χ2v) is 4.01. The van der Waals surface area contributed by atoms with Crippen LogP contribution in [0, 0.1) is 17.7 Å². The number of carbonyl (C=O) groups is 1. The molecule has 1 heterocycles. The number of carbonyl (C=O) groups excluding carboxylic acids is 1. The number of anilines is 1. The molecule has 2 aromatic rings. The molecule has 0 bridgehead atoms. The molecule has 6 heteroatoms. The van der Waals surface area contributed by atoms with Crippen LogP contribution in [0.5, 0.6) is 0 Å². The maximum Gasteiger partial charge on any atom is 0.259 e. The van der Waals surface area contributed by atoms with Crippen LogP contribution in [0.3, 0.4) is 0 Å². The first-order valence-corrected chi connectivity index (χ1v) is 6.17. The topological polar surface area (TPSA) is 75.1 Å². The lowest BCUT2D eigenvalue weighted by atomic mass is 10.1. The minimum atomic E-state index is -0.674. The monoisotopic (exact) mass is 285 g/mol. The van der Waals surface area contributed by atoms with Gasteiger partial charge in [0.1, 0.15) is 5.82 Å². The highest BCUT2D eigenvalue weighted by Gasteiger charge is 2.12. The van der Waals surface area contributed by atoms with Crippen LogP contribution < -0.4 is 5.32 Å². The van der Waals surface area contributed by atoms with E-state index in [0.717, 1.165) is 0 Å². The molecular formula is C15H12FN3O2. The Morgan fingerprint density at radius 1 is 1.38 bits per heavy atom. The molecule has 0 aliphatic carbocycles. The summed E-state index contributed by atoms with van der Waals surface area (Å²) < 4.78 is 13.9. The van der Waals surface area contributed by atoms with E-state index in [-0.39, 0.29) is 18.0 Å². The first kappa shape index (κ1) is 14.6. The van der Waals surface area contributed by atoms with Crippen molar-refractivity contribution in [1.82, 2.24) is 9.97 Å². The molecule has 0 unspecified atom stereocenters. The molecular weight excluding hydrogens is 273 g/mol. The van der Waals surface area contributed by atoms with E-state index in [2.05, 4.69) is 27.1 Å². The summed E-state index contributed by atoms with van der Waals surface area (Å²) in [5.74, 6) is 4.34. The summed E-state index contributed by atoms with van der Waals surface area (Å²) in [4.78, 5) is 19.6. The third-order valence-electron chi connectivity index (χ3n) is 2.49. The zero-order chi connectivity index (χ0) is 15.1. The minimum Gasteiger partial charge on any atom is -0.395 e. The number of aromatic nitrogens is 2. The standard InChI is InChI=1S/C15H12FN3O2/c16-13-9-11(3-1-2-8-20)4-5-12(13)15(21)19-14-10-17-6-7-18-14/h4-7,9-10,20H,2,8H2,(H,18,19,21). The molecule has 0 fully saturated rings. The van der Waals surface area contributed by atoms with E-state index in [4.69, 9.17) is 5.11 Å². The minimum absolute atomic E-state index is 0.0475. The van der Waals surface area contributed by atoms with Gasteiger partial charge in [-0.3, -0.25) is 9.78 Å². The van der Waals surface area contributed by atoms with Crippen LogP contribution in [-0.4, -0.2) is 27.6 Å². The zero-order valence-corrected chi connectivity index (χ0v) is 11.0. The third-order valence-corrected chi connectivity index (χ3v) is 2.49. The molecule has 5 nitrogen and oxygen atoms in total. The van der Waals surface area contributed by atoms with Crippen LogP contribution in [0.25, 0.3) is 0 Å². The van der Waals surface area contributed by atoms with Crippen molar-refractivity contribution in [2.24, 2.45) is 0 Å². The van der Waals surface area contributed by atoms with Gasteiger partial charge >= 0.3 is 0 Å². The Labute approximate surface area is 120 Å². The maximum atomic E-state index is 13.9. The molecule has 106 valence electrons. The van der Waals surface area contributed by atoms with Gasteiger partial charge in [0.2, 0.25) is 0 Å². The van der Waals surface area contributed by atoms with Crippen LogP contribution in [0.15, 0.2) is 36.8 Å². The van der Waals surface area contributed by atoms with Gasteiger partial charge in [-0.25, -0.2) is 9.37 Å². The fourth-order valence-electron chi connectivity index (χ4n) is 1.54. The van der Waals surface area contributed by atoms with Crippen molar-refractivity contribution in [3.8, 4) is 11.8 Å². The first-order valence-electron chi connectivity index (χ1n) is 6.17. The molecule has 1 aromatic carbocycles. The molecule has 0 radical (unpaired) electrons. The number of halogens is 1. The molecule has 0 aliphatic heterocycles. The molecule has 0 spiro atoms. The summed E-state index contributed by atoms with van der Waals surface area (Å²) in [6.45, 7) is -0.0475. The molecule has 0 aliphatic rings. The predicted octanol–water partition coefficient (Wildman–Crippen LogP) is 1.60. The van der Waals surface area contributed by atoms with E-state index in [0.29, 0.717) is 12.0 Å². The second-order valence-electron chi connectivity index (χ2n) is 4.01. The Morgan fingerprint density at radius 2 is 2.24 bits per heavy atom. The largest absolute Gasteiger partial charge is 0.395 e. The number of hydrogen-bond acceptors (Lipinski definition) is 4. The summed E-state index contributed by atoms with van der Waals surface area (Å²) in [5.41, 5.74) is 0.338. The number of nitrogens with one attached hydrogen (secondary N) is 1. The van der Waals surface area contributed by atoms with E-state index >= 15 is 0 Å². The van der Waals surface area contributed by atoms with Gasteiger partial charge in [-0.05, 0) is 18.2 Å². The molecule has 1 aromatic heterocycles. The summed E-state index contributed by atoms with van der Waals surface area (Å²) >= 11 is 0. The van der Waals surface area contributed by atoms with Crippen molar-refractivity contribution in [2.75, 3.05) is 11.9 Å². The number of aliphatic hydroxyl groups excluding tert-OH is 1. The van der Waals surface area contributed by atoms with Crippen molar-refractivity contribution >= 4 is 11.7 Å². The van der Waals surface area contributed by atoms with Gasteiger partial charge < -0.3 is 10.4 Å². The zero-order valence-electron chi connectivity index (χ0n) is 11.0. The Balaban J connectivity index is 2.14. The van der Waals surface area contributed by atoms with Gasteiger partial charge in [0.25, 0.3) is 5.91 Å². The highest BCUT2D eigenvalue weighted by Crippen LogP contribution is 2.12. The highest BCUT2D eigenvalue weighted by atomic mass is 19.1. The lowest BCUT2D eigenvalue weighted by molar-refractivity contribution is 0.102. The van der Waals surface area contributed by atoms with Crippen molar-refractivity contribution in [2.45, 2.75) is 6.42 Å². The van der Waals surface area contributed by atoms with E-state index in [1.807, 2.05) is 0 Å². The van der Waals surface area contributed by atoms with Gasteiger partial charge in [0, 0.05) is 24.4 Å². The summed E-state index contributed by atoms with van der Waals surface area (Å²) in [5, 5.41) is 11.1.